The molecule has 2 aliphatic rings. The molecule has 124 valence electrons. The maximum absolute atomic E-state index is 12.3. The van der Waals surface area contributed by atoms with Gasteiger partial charge in [0.15, 0.2) is 11.5 Å². The van der Waals surface area contributed by atoms with Crippen LogP contribution in [-0.4, -0.2) is 44.7 Å². The number of methoxy groups -OCH3 is 3. The van der Waals surface area contributed by atoms with Gasteiger partial charge in [-0.25, -0.2) is 0 Å². The Kier molecular flexibility index (Phi) is 4.15. The molecule has 1 saturated heterocycles. The van der Waals surface area contributed by atoms with Crippen molar-refractivity contribution < 1.29 is 23.8 Å². The number of nitrogens with zero attached hydrogens (tertiary/aromatic N) is 1. The summed E-state index contributed by atoms with van der Waals surface area (Å²) in [5.74, 6) is 0.756. The Morgan fingerprint density at radius 1 is 1.13 bits per heavy atom. The third-order valence-corrected chi connectivity index (χ3v) is 4.80. The van der Waals surface area contributed by atoms with E-state index in [-0.39, 0.29) is 23.8 Å². The lowest BCUT2D eigenvalue weighted by Crippen LogP contribution is -2.48. The van der Waals surface area contributed by atoms with Crippen molar-refractivity contribution in [2.45, 2.75) is 25.3 Å². The number of hydrogen-bond acceptors (Lipinski definition) is 5. The minimum Gasteiger partial charge on any atom is -0.493 e. The van der Waals surface area contributed by atoms with Gasteiger partial charge in [0.2, 0.25) is 5.91 Å². The lowest BCUT2D eigenvalue weighted by atomic mass is 9.79. The standard InChI is InChI=1S/C17H21NO5/c1-21-13-8-10-6-7-18-15(19)5-4-11(17(20)23-3)16(18)12(10)9-14(13)22-2/h8-9,11,16H,4-7H2,1-3H3/t11-,16-/m1/s1. The molecule has 1 amide bonds. The van der Waals surface area contributed by atoms with E-state index in [2.05, 4.69) is 0 Å². The van der Waals surface area contributed by atoms with Gasteiger partial charge in [-0.1, -0.05) is 0 Å². The molecule has 1 fully saturated rings. The maximum atomic E-state index is 12.3. The van der Waals surface area contributed by atoms with Crippen molar-refractivity contribution in [3.63, 3.8) is 0 Å². The molecule has 0 saturated carbocycles. The Labute approximate surface area is 135 Å². The normalized spacial score (nSPS) is 22.9. The van der Waals surface area contributed by atoms with Crippen molar-refractivity contribution in [1.82, 2.24) is 4.90 Å². The van der Waals surface area contributed by atoms with Crippen LogP contribution < -0.4 is 9.47 Å². The molecule has 0 radical (unpaired) electrons. The van der Waals surface area contributed by atoms with Crippen LogP contribution in [0.3, 0.4) is 0 Å². The number of benzene rings is 1. The third kappa shape index (κ3) is 2.52. The topological polar surface area (TPSA) is 65.1 Å². The lowest BCUT2D eigenvalue weighted by molar-refractivity contribution is -0.155. The second-order valence-corrected chi connectivity index (χ2v) is 5.86. The van der Waals surface area contributed by atoms with Crippen LogP contribution in [-0.2, 0) is 20.7 Å². The molecule has 23 heavy (non-hydrogen) atoms. The molecule has 2 atom stereocenters. The van der Waals surface area contributed by atoms with Gasteiger partial charge in [0.05, 0.1) is 33.3 Å². The Morgan fingerprint density at radius 3 is 2.48 bits per heavy atom. The summed E-state index contributed by atoms with van der Waals surface area (Å²) in [5, 5.41) is 0. The van der Waals surface area contributed by atoms with Gasteiger partial charge in [-0.15, -0.1) is 0 Å². The first-order valence-electron chi connectivity index (χ1n) is 7.72. The summed E-state index contributed by atoms with van der Waals surface area (Å²) < 4.78 is 15.7. The zero-order valence-electron chi connectivity index (χ0n) is 13.6. The molecule has 6 heteroatoms. The molecule has 0 aromatic heterocycles. The summed E-state index contributed by atoms with van der Waals surface area (Å²) in [5.41, 5.74) is 2.05. The fourth-order valence-electron chi connectivity index (χ4n) is 3.67. The summed E-state index contributed by atoms with van der Waals surface area (Å²) in [7, 11) is 4.57. The minimum atomic E-state index is -0.338. The fourth-order valence-corrected chi connectivity index (χ4v) is 3.67. The molecule has 3 rings (SSSR count). The van der Waals surface area contributed by atoms with E-state index in [1.807, 2.05) is 12.1 Å². The quantitative estimate of drug-likeness (QED) is 0.794. The zero-order valence-corrected chi connectivity index (χ0v) is 13.6. The molecular formula is C17H21NO5. The van der Waals surface area contributed by atoms with E-state index in [0.29, 0.717) is 30.9 Å². The number of carbonyl (C=O) groups is 2. The minimum absolute atomic E-state index is 0.0931. The number of rotatable bonds is 3. The van der Waals surface area contributed by atoms with Crippen molar-refractivity contribution in [2.75, 3.05) is 27.9 Å². The summed E-state index contributed by atoms with van der Waals surface area (Å²) >= 11 is 0. The van der Waals surface area contributed by atoms with E-state index in [9.17, 15) is 9.59 Å². The van der Waals surface area contributed by atoms with Gasteiger partial charge in [-0.2, -0.15) is 0 Å². The van der Waals surface area contributed by atoms with Crippen LogP contribution in [0.25, 0.3) is 0 Å². The highest BCUT2D eigenvalue weighted by atomic mass is 16.5. The van der Waals surface area contributed by atoms with E-state index in [4.69, 9.17) is 14.2 Å². The van der Waals surface area contributed by atoms with Crippen molar-refractivity contribution in [2.24, 2.45) is 5.92 Å². The van der Waals surface area contributed by atoms with Gasteiger partial charge in [-0.3, -0.25) is 9.59 Å². The second kappa shape index (κ2) is 6.10. The molecule has 1 aromatic rings. The summed E-state index contributed by atoms with van der Waals surface area (Å²) in [6.45, 7) is 0.611. The molecule has 0 bridgehead atoms. The second-order valence-electron chi connectivity index (χ2n) is 5.86. The monoisotopic (exact) mass is 319 g/mol. The van der Waals surface area contributed by atoms with Crippen LogP contribution >= 0.6 is 0 Å². The van der Waals surface area contributed by atoms with Crippen LogP contribution in [0.1, 0.15) is 30.0 Å². The largest absolute Gasteiger partial charge is 0.493 e. The van der Waals surface area contributed by atoms with Crippen LogP contribution in [0, 0.1) is 5.92 Å². The molecule has 0 aliphatic carbocycles. The highest BCUT2D eigenvalue weighted by Gasteiger charge is 2.44. The van der Waals surface area contributed by atoms with Crippen molar-refractivity contribution in [3.05, 3.63) is 23.3 Å². The maximum Gasteiger partial charge on any atom is 0.311 e. The first-order chi connectivity index (χ1) is 11.1. The summed E-state index contributed by atoms with van der Waals surface area (Å²) in [6.07, 6.45) is 1.64. The van der Waals surface area contributed by atoms with Gasteiger partial charge in [-0.05, 0) is 36.1 Å². The van der Waals surface area contributed by atoms with Crippen molar-refractivity contribution in [3.8, 4) is 11.5 Å². The van der Waals surface area contributed by atoms with Crippen molar-refractivity contribution in [1.29, 1.82) is 0 Å². The van der Waals surface area contributed by atoms with Crippen LogP contribution in [0.2, 0.25) is 0 Å². The molecule has 2 heterocycles. The average molecular weight is 319 g/mol. The van der Waals surface area contributed by atoms with Crippen LogP contribution in [0.4, 0.5) is 0 Å². The number of piperidine rings is 1. The van der Waals surface area contributed by atoms with E-state index in [1.54, 1.807) is 19.1 Å². The zero-order chi connectivity index (χ0) is 16.6. The van der Waals surface area contributed by atoms with E-state index < -0.39 is 0 Å². The number of carbonyl (C=O) groups excluding carboxylic acids is 2. The Morgan fingerprint density at radius 2 is 1.83 bits per heavy atom. The third-order valence-electron chi connectivity index (χ3n) is 4.80. The van der Waals surface area contributed by atoms with Crippen LogP contribution in [0.5, 0.6) is 11.5 Å². The molecule has 6 nitrogen and oxygen atoms in total. The predicted molar refractivity (Wildman–Crippen MR) is 82.4 cm³/mol. The number of fused-ring (bicyclic) bond motifs is 3. The van der Waals surface area contributed by atoms with E-state index in [1.165, 1.54) is 7.11 Å². The molecule has 1 aromatic carbocycles. The van der Waals surface area contributed by atoms with Crippen molar-refractivity contribution >= 4 is 11.9 Å². The highest BCUT2D eigenvalue weighted by molar-refractivity contribution is 5.83. The van der Waals surface area contributed by atoms with Gasteiger partial charge in [0.25, 0.3) is 0 Å². The lowest BCUT2D eigenvalue weighted by Gasteiger charge is -2.44. The van der Waals surface area contributed by atoms with E-state index in [0.717, 1.165) is 17.5 Å². The molecular weight excluding hydrogens is 298 g/mol. The van der Waals surface area contributed by atoms with E-state index >= 15 is 0 Å². The summed E-state index contributed by atoms with van der Waals surface area (Å²) in [4.78, 5) is 26.3. The first kappa shape index (κ1) is 15.6. The molecule has 0 spiro atoms. The van der Waals surface area contributed by atoms with Gasteiger partial charge in [0.1, 0.15) is 0 Å². The Balaban J connectivity index is 2.10. The smallest absolute Gasteiger partial charge is 0.311 e. The first-order valence-corrected chi connectivity index (χ1v) is 7.72. The summed E-state index contributed by atoms with van der Waals surface area (Å²) in [6, 6.07) is 3.55. The van der Waals surface area contributed by atoms with Crippen LogP contribution in [0.15, 0.2) is 12.1 Å². The fraction of sp³-hybridized carbons (Fsp3) is 0.529. The number of ether oxygens (including phenoxy) is 3. The molecule has 0 N–H and O–H groups in total. The molecule has 2 aliphatic heterocycles. The Hall–Kier alpha value is -2.24. The number of esters is 1. The number of amides is 1. The number of hydrogen-bond donors (Lipinski definition) is 0. The average Bonchev–Trinajstić information content (AvgIpc) is 2.59. The highest BCUT2D eigenvalue weighted by Crippen LogP contribution is 2.44. The van der Waals surface area contributed by atoms with Gasteiger partial charge in [0, 0.05) is 13.0 Å². The van der Waals surface area contributed by atoms with Gasteiger partial charge >= 0.3 is 5.97 Å². The SMILES string of the molecule is COC(=O)[C@@H]1CCC(=O)N2CCc3cc(OC)c(OC)cc3[C@@H]12. The predicted octanol–water partition coefficient (Wildman–Crippen LogP) is 1.71. The molecule has 0 unspecified atom stereocenters. The van der Waals surface area contributed by atoms with Gasteiger partial charge < -0.3 is 19.1 Å². The Bertz CT molecular complexity index is 642.